The van der Waals surface area contributed by atoms with Crippen molar-refractivity contribution in [1.29, 1.82) is 0 Å². The monoisotopic (exact) mass is 261 g/mol. The molecule has 0 saturated carbocycles. The molecule has 2 fully saturated rings. The Balaban J connectivity index is 1.73. The number of piperidine rings is 2. The number of nitrogens with two attached hydrogens (primary N) is 1. The Kier molecular flexibility index (Phi) is 4.96. The lowest BCUT2D eigenvalue weighted by molar-refractivity contribution is -0.664. The molecule has 2 aliphatic heterocycles. The van der Waals surface area contributed by atoms with Gasteiger partial charge in [-0.15, -0.1) is 0 Å². The van der Waals surface area contributed by atoms with E-state index in [4.69, 9.17) is 0 Å². The van der Waals surface area contributed by atoms with E-state index in [1.807, 2.05) is 0 Å². The van der Waals surface area contributed by atoms with Crippen LogP contribution in [-0.2, 0) is 0 Å². The fourth-order valence-electron chi connectivity index (χ4n) is 3.37. The first-order valence-corrected chi connectivity index (χ1v) is 7.53. The first kappa shape index (κ1) is 14.2. The molecule has 0 aliphatic carbocycles. The molecule has 0 atom stereocenters. The average Bonchev–Trinajstić information content (AvgIpc) is 2.40. The molecule has 2 saturated heterocycles. The van der Waals surface area contributed by atoms with Gasteiger partial charge in [-0.25, -0.2) is 8.78 Å². The van der Waals surface area contributed by atoms with Crippen molar-refractivity contribution >= 4 is 0 Å². The van der Waals surface area contributed by atoms with E-state index in [1.165, 1.54) is 25.9 Å². The highest BCUT2D eigenvalue weighted by Crippen LogP contribution is 2.35. The molecule has 0 unspecified atom stereocenters. The molecular weight excluding hydrogens is 234 g/mol. The number of likely N-dealkylation sites (tertiary alicyclic amines) is 1. The summed E-state index contributed by atoms with van der Waals surface area (Å²) in [6.07, 6.45) is 3.95. The fraction of sp³-hybridized carbons (Fsp3) is 1.00. The van der Waals surface area contributed by atoms with Gasteiger partial charge in [0.15, 0.2) is 0 Å². The van der Waals surface area contributed by atoms with E-state index in [-0.39, 0.29) is 12.3 Å². The van der Waals surface area contributed by atoms with Crippen molar-refractivity contribution in [3.8, 4) is 0 Å². The van der Waals surface area contributed by atoms with Crippen molar-refractivity contribution in [2.45, 2.75) is 45.0 Å². The topological polar surface area (TPSA) is 19.9 Å². The molecule has 18 heavy (non-hydrogen) atoms. The summed E-state index contributed by atoms with van der Waals surface area (Å²) < 4.78 is 27.2. The van der Waals surface area contributed by atoms with E-state index >= 15 is 0 Å². The molecule has 0 aromatic heterocycles. The van der Waals surface area contributed by atoms with E-state index in [0.29, 0.717) is 12.8 Å². The van der Waals surface area contributed by atoms with Gasteiger partial charge in [-0.05, 0) is 31.8 Å². The summed E-state index contributed by atoms with van der Waals surface area (Å²) in [4.78, 5) is 2.41. The molecule has 2 nitrogen and oxygen atoms in total. The molecule has 2 heterocycles. The molecule has 2 rings (SSSR count). The van der Waals surface area contributed by atoms with Gasteiger partial charge in [0.2, 0.25) is 0 Å². The molecule has 0 amide bonds. The highest BCUT2D eigenvalue weighted by molar-refractivity contribution is 4.83. The smallest absolute Gasteiger partial charge is 0.250 e. The molecular formula is C14H27F2N2+. The number of halogens is 2. The first-order chi connectivity index (χ1) is 8.62. The summed E-state index contributed by atoms with van der Waals surface area (Å²) in [6, 6.07) is 0. The lowest BCUT2D eigenvalue weighted by Crippen LogP contribution is -2.86. The Morgan fingerprint density at radius 2 is 1.72 bits per heavy atom. The van der Waals surface area contributed by atoms with Gasteiger partial charge in [0, 0.05) is 31.7 Å². The molecule has 0 bridgehead atoms. The van der Waals surface area contributed by atoms with Gasteiger partial charge in [0.05, 0.1) is 13.1 Å². The van der Waals surface area contributed by atoms with Crippen LogP contribution in [0.2, 0.25) is 0 Å². The largest absolute Gasteiger partial charge is 0.346 e. The van der Waals surface area contributed by atoms with E-state index in [9.17, 15) is 8.78 Å². The maximum atomic E-state index is 13.6. The second-order valence-electron chi connectivity index (χ2n) is 6.00. The lowest BCUT2D eigenvalue weighted by atomic mass is 9.88. The predicted octanol–water partition coefficient (Wildman–Crippen LogP) is 1.72. The van der Waals surface area contributed by atoms with E-state index in [1.54, 1.807) is 6.92 Å². The second-order valence-corrected chi connectivity index (χ2v) is 6.00. The van der Waals surface area contributed by atoms with Crippen LogP contribution in [-0.4, -0.2) is 43.5 Å². The minimum absolute atomic E-state index is 0.00384. The summed E-state index contributed by atoms with van der Waals surface area (Å²) in [5.41, 5.74) is 0. The first-order valence-electron chi connectivity index (χ1n) is 7.53. The van der Waals surface area contributed by atoms with Crippen LogP contribution in [0, 0.1) is 11.8 Å². The van der Waals surface area contributed by atoms with Gasteiger partial charge in [-0.3, -0.25) is 0 Å². The molecule has 0 aromatic rings. The number of alkyl halides is 2. The summed E-state index contributed by atoms with van der Waals surface area (Å²) >= 11 is 0. The number of quaternary nitrogens is 1. The molecule has 0 spiro atoms. The third-order valence-corrected chi connectivity index (χ3v) is 4.73. The molecule has 2 aliphatic rings. The van der Waals surface area contributed by atoms with Gasteiger partial charge in [-0.1, -0.05) is 6.92 Å². The van der Waals surface area contributed by atoms with Gasteiger partial charge < -0.3 is 10.2 Å². The van der Waals surface area contributed by atoms with Crippen molar-refractivity contribution < 1.29 is 14.1 Å². The summed E-state index contributed by atoms with van der Waals surface area (Å²) in [5.74, 6) is -2.01. The van der Waals surface area contributed by atoms with Gasteiger partial charge in [0.1, 0.15) is 0 Å². The lowest BCUT2D eigenvalue weighted by Gasteiger charge is -2.37. The maximum absolute atomic E-state index is 13.6. The van der Waals surface area contributed by atoms with Crippen LogP contribution in [0.1, 0.15) is 39.0 Å². The maximum Gasteiger partial charge on any atom is 0.250 e. The van der Waals surface area contributed by atoms with Crippen LogP contribution < -0.4 is 5.32 Å². The van der Waals surface area contributed by atoms with Crippen LogP contribution in [0.15, 0.2) is 0 Å². The highest BCUT2D eigenvalue weighted by atomic mass is 19.3. The van der Waals surface area contributed by atoms with E-state index in [2.05, 4.69) is 10.2 Å². The van der Waals surface area contributed by atoms with Gasteiger partial charge in [0.25, 0.3) is 5.92 Å². The third kappa shape index (κ3) is 3.64. The van der Waals surface area contributed by atoms with Crippen LogP contribution in [0.3, 0.4) is 0 Å². The van der Waals surface area contributed by atoms with Crippen molar-refractivity contribution in [3.05, 3.63) is 0 Å². The highest BCUT2D eigenvalue weighted by Gasteiger charge is 2.39. The van der Waals surface area contributed by atoms with Crippen LogP contribution in [0.4, 0.5) is 8.78 Å². The Morgan fingerprint density at radius 3 is 2.28 bits per heavy atom. The van der Waals surface area contributed by atoms with Crippen LogP contribution in [0.25, 0.3) is 0 Å². The quantitative estimate of drug-likeness (QED) is 0.817. The predicted molar refractivity (Wildman–Crippen MR) is 68.8 cm³/mol. The Hall–Kier alpha value is -0.220. The fourth-order valence-corrected chi connectivity index (χ4v) is 3.37. The summed E-state index contributed by atoms with van der Waals surface area (Å²) in [7, 11) is 0. The van der Waals surface area contributed by atoms with E-state index < -0.39 is 5.92 Å². The molecule has 4 heteroatoms. The normalized spacial score (nSPS) is 25.5. The van der Waals surface area contributed by atoms with Crippen molar-refractivity contribution in [2.24, 2.45) is 11.8 Å². The van der Waals surface area contributed by atoms with Gasteiger partial charge in [-0.2, -0.15) is 0 Å². The molecule has 0 radical (unpaired) electrons. The number of rotatable bonds is 4. The molecule has 106 valence electrons. The van der Waals surface area contributed by atoms with Crippen molar-refractivity contribution in [3.63, 3.8) is 0 Å². The van der Waals surface area contributed by atoms with Crippen molar-refractivity contribution in [2.75, 3.05) is 32.7 Å². The average molecular weight is 261 g/mol. The third-order valence-electron chi connectivity index (χ3n) is 4.73. The Bertz CT molecular complexity index is 244. The number of nitrogens with zero attached hydrogens (tertiary/aromatic N) is 1. The number of hydrogen-bond acceptors (Lipinski definition) is 1. The minimum Gasteiger partial charge on any atom is -0.346 e. The summed E-state index contributed by atoms with van der Waals surface area (Å²) in [5, 5.41) is 2.38. The SMILES string of the molecule is CCC(F)(F)C1CCN(CC2CC[NH2+]CC2)CC1. The van der Waals surface area contributed by atoms with Gasteiger partial charge >= 0.3 is 0 Å². The van der Waals surface area contributed by atoms with Crippen LogP contribution in [0.5, 0.6) is 0 Å². The Morgan fingerprint density at radius 1 is 1.11 bits per heavy atom. The number of hydrogen-bond donors (Lipinski definition) is 1. The van der Waals surface area contributed by atoms with Crippen LogP contribution >= 0.6 is 0 Å². The zero-order chi connectivity index (χ0) is 13.0. The molecule has 0 aromatic carbocycles. The van der Waals surface area contributed by atoms with E-state index in [0.717, 1.165) is 25.6 Å². The second kappa shape index (κ2) is 6.29. The minimum atomic E-state index is -2.44. The zero-order valence-corrected chi connectivity index (χ0v) is 11.5. The zero-order valence-electron chi connectivity index (χ0n) is 11.5. The molecule has 2 N–H and O–H groups in total. The standard InChI is InChI=1S/C14H26F2N2/c1-2-14(15,16)13-5-9-18(10-6-13)11-12-3-7-17-8-4-12/h12-13,17H,2-11H2,1H3/p+1. The van der Waals surface area contributed by atoms with Crippen molar-refractivity contribution in [1.82, 2.24) is 4.90 Å². The summed E-state index contributed by atoms with van der Waals surface area (Å²) in [6.45, 7) is 6.98. The Labute approximate surface area is 109 Å².